The van der Waals surface area contributed by atoms with E-state index in [2.05, 4.69) is 10.2 Å². The molecule has 9 heteroatoms. The molecule has 0 unspecified atom stereocenters. The van der Waals surface area contributed by atoms with Gasteiger partial charge in [0, 0.05) is 44.4 Å². The van der Waals surface area contributed by atoms with Crippen molar-refractivity contribution < 1.29 is 18.0 Å². The molecule has 1 saturated carbocycles. The van der Waals surface area contributed by atoms with E-state index in [1.165, 1.54) is 4.68 Å². The van der Waals surface area contributed by atoms with Crippen LogP contribution in [0.3, 0.4) is 0 Å². The molecule has 2 aromatic heterocycles. The quantitative estimate of drug-likeness (QED) is 0.754. The maximum atomic E-state index is 12.9. The van der Waals surface area contributed by atoms with E-state index in [0.717, 1.165) is 24.6 Å². The summed E-state index contributed by atoms with van der Waals surface area (Å²) in [7, 11) is 1.68. The molecule has 6 nitrogen and oxygen atoms in total. The van der Waals surface area contributed by atoms with Crippen LogP contribution in [0.5, 0.6) is 0 Å². The van der Waals surface area contributed by atoms with Gasteiger partial charge in [-0.05, 0) is 31.9 Å². The highest BCUT2D eigenvalue weighted by Gasteiger charge is 2.37. The van der Waals surface area contributed by atoms with Gasteiger partial charge in [0.1, 0.15) is 0 Å². The van der Waals surface area contributed by atoms with Gasteiger partial charge in [-0.25, -0.2) is 0 Å². The molecular weight excluding hydrogens is 347 g/mol. The van der Waals surface area contributed by atoms with Gasteiger partial charge in [0.2, 0.25) is 5.91 Å². The van der Waals surface area contributed by atoms with Crippen molar-refractivity contribution in [3.8, 4) is 0 Å². The number of carbonyl (C=O) groups excluding carboxylic acids is 1. The molecule has 0 aromatic carbocycles. The summed E-state index contributed by atoms with van der Waals surface area (Å²) in [4.78, 5) is 13.9. The lowest BCUT2D eigenvalue weighted by Crippen LogP contribution is -2.28. The summed E-state index contributed by atoms with van der Waals surface area (Å²) in [6.07, 6.45) is -0.930. The Labute approximate surface area is 149 Å². The Morgan fingerprint density at radius 3 is 2.69 bits per heavy atom. The molecule has 26 heavy (non-hydrogen) atoms. The second kappa shape index (κ2) is 7.13. The average molecular weight is 369 g/mol. The highest BCUT2D eigenvalue weighted by Crippen LogP contribution is 2.42. The van der Waals surface area contributed by atoms with Gasteiger partial charge in [-0.2, -0.15) is 23.4 Å². The molecule has 0 spiro atoms. The summed E-state index contributed by atoms with van der Waals surface area (Å²) < 4.78 is 41.9. The van der Waals surface area contributed by atoms with Crippen molar-refractivity contribution >= 4 is 5.91 Å². The third-order valence-corrected chi connectivity index (χ3v) is 4.56. The van der Waals surface area contributed by atoms with Crippen LogP contribution in [0.25, 0.3) is 0 Å². The first kappa shape index (κ1) is 18.5. The molecule has 1 fully saturated rings. The molecule has 0 saturated heterocycles. The van der Waals surface area contributed by atoms with E-state index in [0.29, 0.717) is 18.8 Å². The maximum Gasteiger partial charge on any atom is 0.435 e. The largest absolute Gasteiger partial charge is 0.435 e. The highest BCUT2D eigenvalue weighted by molar-refractivity contribution is 5.75. The second-order valence-corrected chi connectivity index (χ2v) is 6.59. The Kier molecular flexibility index (Phi) is 5.06. The number of halogens is 3. The lowest BCUT2D eigenvalue weighted by molar-refractivity contribution is -0.141. The number of aryl methyl sites for hydroxylation is 2. The third kappa shape index (κ3) is 4.08. The number of amides is 1. The van der Waals surface area contributed by atoms with Crippen LogP contribution in [0.15, 0.2) is 18.3 Å². The Morgan fingerprint density at radius 2 is 2.08 bits per heavy atom. The molecule has 1 aliphatic rings. The van der Waals surface area contributed by atoms with Crippen molar-refractivity contribution in [1.82, 2.24) is 24.5 Å². The fraction of sp³-hybridized carbons (Fsp3) is 0.588. The van der Waals surface area contributed by atoms with Gasteiger partial charge in [-0.3, -0.25) is 14.2 Å². The minimum Gasteiger partial charge on any atom is -0.340 e. The highest BCUT2D eigenvalue weighted by atomic mass is 19.4. The zero-order chi connectivity index (χ0) is 18.9. The van der Waals surface area contributed by atoms with E-state index >= 15 is 0 Å². The van der Waals surface area contributed by atoms with Gasteiger partial charge in [0.15, 0.2) is 5.69 Å². The minimum atomic E-state index is -4.46. The van der Waals surface area contributed by atoms with Crippen LogP contribution in [-0.4, -0.2) is 37.4 Å². The SMILES string of the molecule is CCn1nccc1CN(C)C(=O)CCn1nc(C(F)(F)F)cc1C1CC1. The first-order valence-corrected chi connectivity index (χ1v) is 8.69. The third-order valence-electron chi connectivity index (χ3n) is 4.56. The lowest BCUT2D eigenvalue weighted by atomic mass is 10.2. The number of hydrogen-bond donors (Lipinski definition) is 0. The van der Waals surface area contributed by atoms with E-state index in [1.54, 1.807) is 22.8 Å². The minimum absolute atomic E-state index is 0.107. The van der Waals surface area contributed by atoms with Gasteiger partial charge in [0.05, 0.1) is 12.2 Å². The van der Waals surface area contributed by atoms with Gasteiger partial charge >= 0.3 is 6.18 Å². The Balaban J connectivity index is 1.63. The topological polar surface area (TPSA) is 56.0 Å². The Morgan fingerprint density at radius 1 is 1.35 bits per heavy atom. The summed E-state index contributed by atoms with van der Waals surface area (Å²) in [6.45, 7) is 3.24. The van der Waals surface area contributed by atoms with E-state index in [4.69, 9.17) is 0 Å². The van der Waals surface area contributed by atoms with Gasteiger partial charge < -0.3 is 4.90 Å². The number of rotatable bonds is 7. The zero-order valence-corrected chi connectivity index (χ0v) is 14.8. The first-order valence-electron chi connectivity index (χ1n) is 8.69. The number of hydrogen-bond acceptors (Lipinski definition) is 3. The zero-order valence-electron chi connectivity index (χ0n) is 14.8. The molecule has 0 radical (unpaired) electrons. The number of nitrogens with zero attached hydrogens (tertiary/aromatic N) is 5. The van der Waals surface area contributed by atoms with Crippen molar-refractivity contribution in [2.45, 2.75) is 57.9 Å². The molecule has 0 bridgehead atoms. The molecule has 2 aromatic rings. The summed E-state index contributed by atoms with van der Waals surface area (Å²) >= 11 is 0. The van der Waals surface area contributed by atoms with Crippen LogP contribution in [0.2, 0.25) is 0 Å². The molecule has 142 valence electrons. The van der Waals surface area contributed by atoms with Crippen LogP contribution in [-0.2, 0) is 30.6 Å². The maximum absolute atomic E-state index is 12.9. The summed E-state index contributed by atoms with van der Waals surface area (Å²) in [5.74, 6) is -0.00926. The molecule has 0 N–H and O–H groups in total. The van der Waals surface area contributed by atoms with E-state index in [1.807, 2.05) is 13.0 Å². The number of carbonyl (C=O) groups is 1. The van der Waals surface area contributed by atoms with Crippen LogP contribution < -0.4 is 0 Å². The van der Waals surface area contributed by atoms with Crippen molar-refractivity contribution in [3.05, 3.63) is 35.4 Å². The molecule has 0 aliphatic heterocycles. The van der Waals surface area contributed by atoms with Gasteiger partial charge in [0.25, 0.3) is 0 Å². The second-order valence-electron chi connectivity index (χ2n) is 6.59. The smallest absolute Gasteiger partial charge is 0.340 e. The summed E-state index contributed by atoms with van der Waals surface area (Å²) in [5.41, 5.74) is 0.615. The fourth-order valence-corrected chi connectivity index (χ4v) is 2.96. The van der Waals surface area contributed by atoms with Crippen LogP contribution in [0.4, 0.5) is 13.2 Å². The van der Waals surface area contributed by atoms with Crippen LogP contribution in [0, 0.1) is 0 Å². The summed E-state index contributed by atoms with van der Waals surface area (Å²) in [6, 6.07) is 2.97. The molecule has 3 rings (SSSR count). The van der Waals surface area contributed by atoms with Crippen molar-refractivity contribution in [2.75, 3.05) is 7.05 Å². The number of alkyl halides is 3. The standard InChI is InChI=1S/C17H22F3N5O/c1-3-24-13(6-8-21-24)11-23(2)16(26)7-9-25-14(12-4-5-12)10-15(22-25)17(18,19)20/h6,8,10,12H,3-5,7,9,11H2,1-2H3. The van der Waals surface area contributed by atoms with Gasteiger partial charge in [-0.15, -0.1) is 0 Å². The van der Waals surface area contributed by atoms with Crippen LogP contribution in [0.1, 0.15) is 49.2 Å². The van der Waals surface area contributed by atoms with Gasteiger partial charge in [-0.1, -0.05) is 0 Å². The first-order chi connectivity index (χ1) is 12.3. The fourth-order valence-electron chi connectivity index (χ4n) is 2.96. The van der Waals surface area contributed by atoms with Crippen LogP contribution >= 0.6 is 0 Å². The van der Waals surface area contributed by atoms with Crippen molar-refractivity contribution in [1.29, 1.82) is 0 Å². The Bertz CT molecular complexity index is 776. The monoisotopic (exact) mass is 369 g/mol. The lowest BCUT2D eigenvalue weighted by Gasteiger charge is -2.18. The molecule has 0 atom stereocenters. The number of aromatic nitrogens is 4. The average Bonchev–Trinajstić information content (AvgIpc) is 3.17. The Hall–Kier alpha value is -2.32. The summed E-state index contributed by atoms with van der Waals surface area (Å²) in [5, 5.41) is 7.85. The van der Waals surface area contributed by atoms with Crippen molar-refractivity contribution in [2.24, 2.45) is 0 Å². The molecule has 1 amide bonds. The van der Waals surface area contributed by atoms with E-state index < -0.39 is 11.9 Å². The molecular formula is C17H22F3N5O. The predicted molar refractivity (Wildman–Crippen MR) is 88.2 cm³/mol. The predicted octanol–water partition coefficient (Wildman–Crippen LogP) is 3.04. The molecule has 2 heterocycles. The van der Waals surface area contributed by atoms with Crippen molar-refractivity contribution in [3.63, 3.8) is 0 Å². The normalized spacial score (nSPS) is 14.7. The van der Waals surface area contributed by atoms with E-state index in [-0.39, 0.29) is 24.8 Å². The molecule has 1 aliphatic carbocycles. The van der Waals surface area contributed by atoms with E-state index in [9.17, 15) is 18.0 Å².